The molecule has 2 aromatic rings. The molecule has 0 aliphatic carbocycles. The second-order valence-electron chi connectivity index (χ2n) is 5.26. The van der Waals surface area contributed by atoms with E-state index in [0.29, 0.717) is 18.2 Å². The number of nitrogens with one attached hydrogen (secondary N) is 1. The molecular weight excluding hydrogens is 288 g/mol. The molecule has 1 aromatic heterocycles. The van der Waals surface area contributed by atoms with Crippen LogP contribution >= 0.6 is 0 Å². The standard InChI is InChI=1S/C18H24N4O/c1-3-22(4-2)18-20-14-12-16(21-18)17(23)19-13-8-11-15-9-6-5-7-10-15/h5-7,9-10,12,14H,3-4,8,11,13H2,1-2H3,(H,19,23). The van der Waals surface area contributed by atoms with Crippen LogP contribution in [0.2, 0.25) is 0 Å². The Labute approximate surface area is 137 Å². The van der Waals surface area contributed by atoms with Crippen LogP contribution in [0, 0.1) is 0 Å². The summed E-state index contributed by atoms with van der Waals surface area (Å²) >= 11 is 0. The van der Waals surface area contributed by atoms with E-state index in [4.69, 9.17) is 0 Å². The lowest BCUT2D eigenvalue weighted by Gasteiger charge is -2.18. The van der Waals surface area contributed by atoms with Gasteiger partial charge in [-0.25, -0.2) is 9.97 Å². The number of hydrogen-bond acceptors (Lipinski definition) is 4. The minimum absolute atomic E-state index is 0.145. The average molecular weight is 312 g/mol. The van der Waals surface area contributed by atoms with Crippen LogP contribution in [0.5, 0.6) is 0 Å². The Morgan fingerprint density at radius 1 is 1.13 bits per heavy atom. The molecule has 0 fully saturated rings. The Balaban J connectivity index is 1.84. The normalized spacial score (nSPS) is 10.3. The molecule has 1 aromatic carbocycles. The van der Waals surface area contributed by atoms with E-state index in [1.54, 1.807) is 12.3 Å². The van der Waals surface area contributed by atoms with E-state index < -0.39 is 0 Å². The van der Waals surface area contributed by atoms with Crippen LogP contribution in [0.25, 0.3) is 0 Å². The molecule has 0 aliphatic heterocycles. The molecule has 0 radical (unpaired) electrons. The van der Waals surface area contributed by atoms with Gasteiger partial charge in [-0.3, -0.25) is 4.79 Å². The maximum Gasteiger partial charge on any atom is 0.270 e. The zero-order valence-corrected chi connectivity index (χ0v) is 13.8. The average Bonchev–Trinajstić information content (AvgIpc) is 2.61. The number of aromatic nitrogens is 2. The largest absolute Gasteiger partial charge is 0.351 e. The van der Waals surface area contributed by atoms with Crippen LogP contribution < -0.4 is 10.2 Å². The summed E-state index contributed by atoms with van der Waals surface area (Å²) in [7, 11) is 0. The van der Waals surface area contributed by atoms with E-state index in [9.17, 15) is 4.79 Å². The van der Waals surface area contributed by atoms with E-state index in [1.165, 1.54) is 5.56 Å². The van der Waals surface area contributed by atoms with Gasteiger partial charge in [-0.05, 0) is 38.3 Å². The minimum Gasteiger partial charge on any atom is -0.351 e. The molecule has 2 rings (SSSR count). The van der Waals surface area contributed by atoms with Crippen molar-refractivity contribution in [3.8, 4) is 0 Å². The molecule has 0 aliphatic rings. The Morgan fingerprint density at radius 3 is 2.57 bits per heavy atom. The molecule has 0 saturated carbocycles. The van der Waals surface area contributed by atoms with Crippen molar-refractivity contribution in [1.82, 2.24) is 15.3 Å². The summed E-state index contributed by atoms with van der Waals surface area (Å²) in [5.41, 5.74) is 1.70. The molecule has 0 spiro atoms. The first kappa shape index (κ1) is 16.9. The van der Waals surface area contributed by atoms with Crippen LogP contribution in [0.1, 0.15) is 36.3 Å². The Morgan fingerprint density at radius 2 is 1.87 bits per heavy atom. The highest BCUT2D eigenvalue weighted by Gasteiger charge is 2.11. The van der Waals surface area contributed by atoms with E-state index >= 15 is 0 Å². The fraction of sp³-hybridized carbons (Fsp3) is 0.389. The predicted molar refractivity (Wildman–Crippen MR) is 92.7 cm³/mol. The Hall–Kier alpha value is -2.43. The topological polar surface area (TPSA) is 58.1 Å². The van der Waals surface area contributed by atoms with Gasteiger partial charge in [-0.15, -0.1) is 0 Å². The van der Waals surface area contributed by atoms with Crippen molar-refractivity contribution in [3.05, 3.63) is 53.9 Å². The summed E-state index contributed by atoms with van der Waals surface area (Å²) in [6.07, 6.45) is 3.50. The molecule has 0 atom stereocenters. The van der Waals surface area contributed by atoms with Crippen LogP contribution in [0.3, 0.4) is 0 Å². The van der Waals surface area contributed by atoms with E-state index in [-0.39, 0.29) is 5.91 Å². The quantitative estimate of drug-likeness (QED) is 0.761. The maximum absolute atomic E-state index is 12.2. The summed E-state index contributed by atoms with van der Waals surface area (Å²) < 4.78 is 0. The number of benzene rings is 1. The van der Waals surface area contributed by atoms with Gasteiger partial charge >= 0.3 is 0 Å². The van der Waals surface area contributed by atoms with Crippen molar-refractivity contribution in [2.24, 2.45) is 0 Å². The second kappa shape index (κ2) is 8.88. The van der Waals surface area contributed by atoms with Crippen molar-refractivity contribution in [1.29, 1.82) is 0 Å². The SMILES string of the molecule is CCN(CC)c1nccc(C(=O)NCCCc2ccccc2)n1. The number of nitrogens with zero attached hydrogens (tertiary/aromatic N) is 3. The van der Waals surface area contributed by atoms with E-state index in [0.717, 1.165) is 25.9 Å². The molecule has 0 unspecified atom stereocenters. The molecule has 5 heteroatoms. The number of hydrogen-bond donors (Lipinski definition) is 1. The van der Waals surface area contributed by atoms with E-state index in [1.807, 2.05) is 36.9 Å². The molecule has 1 N–H and O–H groups in total. The van der Waals surface area contributed by atoms with Crippen LogP contribution in [0.15, 0.2) is 42.6 Å². The zero-order valence-electron chi connectivity index (χ0n) is 13.8. The number of carbonyl (C=O) groups is 1. The molecule has 1 heterocycles. The Bertz CT molecular complexity index is 611. The fourth-order valence-electron chi connectivity index (χ4n) is 2.36. The van der Waals surface area contributed by atoms with Crippen molar-refractivity contribution < 1.29 is 4.79 Å². The summed E-state index contributed by atoms with van der Waals surface area (Å²) in [5.74, 6) is 0.459. The summed E-state index contributed by atoms with van der Waals surface area (Å²) in [4.78, 5) is 22.8. The summed E-state index contributed by atoms with van der Waals surface area (Å²) in [6.45, 7) is 6.36. The van der Waals surface area contributed by atoms with Gasteiger partial charge in [0.1, 0.15) is 5.69 Å². The number of aryl methyl sites for hydroxylation is 1. The van der Waals surface area contributed by atoms with Gasteiger partial charge in [-0.1, -0.05) is 30.3 Å². The highest BCUT2D eigenvalue weighted by molar-refractivity contribution is 5.92. The molecule has 1 amide bonds. The number of rotatable bonds is 8. The molecular formula is C18H24N4O. The lowest BCUT2D eigenvalue weighted by molar-refractivity contribution is 0.0948. The minimum atomic E-state index is -0.145. The van der Waals surface area contributed by atoms with Crippen LogP contribution in [-0.2, 0) is 6.42 Å². The smallest absolute Gasteiger partial charge is 0.270 e. The monoisotopic (exact) mass is 312 g/mol. The molecule has 122 valence electrons. The number of anilines is 1. The Kier molecular flexibility index (Phi) is 6.54. The first-order chi connectivity index (χ1) is 11.2. The van der Waals surface area contributed by atoms with Crippen molar-refractivity contribution in [2.45, 2.75) is 26.7 Å². The third kappa shape index (κ3) is 5.06. The molecule has 0 bridgehead atoms. The summed E-state index contributed by atoms with van der Waals surface area (Å²) in [5, 5.41) is 2.92. The van der Waals surface area contributed by atoms with Gasteiger partial charge in [0.2, 0.25) is 5.95 Å². The van der Waals surface area contributed by atoms with Gasteiger partial charge < -0.3 is 10.2 Å². The third-order valence-electron chi connectivity index (χ3n) is 3.69. The van der Waals surface area contributed by atoms with Crippen molar-refractivity contribution >= 4 is 11.9 Å². The maximum atomic E-state index is 12.2. The van der Waals surface area contributed by atoms with Gasteiger partial charge in [0.05, 0.1) is 0 Å². The highest BCUT2D eigenvalue weighted by atomic mass is 16.1. The molecule has 5 nitrogen and oxygen atoms in total. The number of amides is 1. The predicted octanol–water partition coefficient (Wildman–Crippen LogP) is 2.69. The first-order valence-electron chi connectivity index (χ1n) is 8.14. The van der Waals surface area contributed by atoms with Crippen molar-refractivity contribution in [2.75, 3.05) is 24.5 Å². The molecule has 23 heavy (non-hydrogen) atoms. The fourth-order valence-corrected chi connectivity index (χ4v) is 2.36. The number of carbonyl (C=O) groups excluding carboxylic acids is 1. The second-order valence-corrected chi connectivity index (χ2v) is 5.26. The van der Waals surface area contributed by atoms with Crippen molar-refractivity contribution in [3.63, 3.8) is 0 Å². The molecule has 0 saturated heterocycles. The highest BCUT2D eigenvalue weighted by Crippen LogP contribution is 2.07. The lowest BCUT2D eigenvalue weighted by atomic mass is 10.1. The van der Waals surface area contributed by atoms with E-state index in [2.05, 4.69) is 27.4 Å². The van der Waals surface area contributed by atoms with Crippen LogP contribution in [-0.4, -0.2) is 35.5 Å². The van der Waals surface area contributed by atoms with Gasteiger partial charge in [0.15, 0.2) is 0 Å². The van der Waals surface area contributed by atoms with Gasteiger partial charge in [0, 0.05) is 25.8 Å². The zero-order chi connectivity index (χ0) is 16.5. The van der Waals surface area contributed by atoms with Gasteiger partial charge in [-0.2, -0.15) is 0 Å². The van der Waals surface area contributed by atoms with Gasteiger partial charge in [0.25, 0.3) is 5.91 Å². The van der Waals surface area contributed by atoms with Crippen LogP contribution in [0.4, 0.5) is 5.95 Å². The third-order valence-corrected chi connectivity index (χ3v) is 3.69. The summed E-state index contributed by atoms with van der Waals surface area (Å²) in [6, 6.07) is 11.9. The lowest BCUT2D eigenvalue weighted by Crippen LogP contribution is -2.28. The first-order valence-corrected chi connectivity index (χ1v) is 8.14.